The Morgan fingerprint density at radius 3 is 2.67 bits per heavy atom. The lowest BCUT2D eigenvalue weighted by Crippen LogP contribution is -2.02. The zero-order valence-electron chi connectivity index (χ0n) is 14.4. The van der Waals surface area contributed by atoms with Gasteiger partial charge in [-0.2, -0.15) is 0 Å². The van der Waals surface area contributed by atoms with Crippen LogP contribution in [0.3, 0.4) is 0 Å². The van der Waals surface area contributed by atoms with Crippen LogP contribution in [0.4, 0.5) is 5.69 Å². The van der Waals surface area contributed by atoms with Crippen LogP contribution in [-0.2, 0) is 6.54 Å². The standard InChI is InChI=1S/C22H17BrN2O2/c23-20-8-3-9-21-19(20)10-11-25(21)18-7-1-4-15(12-18)14-24-17-6-2-5-16(13-17)22(26)27/h1-13,24H,14H2,(H,26,27). The highest BCUT2D eigenvalue weighted by Gasteiger charge is 2.07. The molecule has 0 saturated carbocycles. The number of benzene rings is 3. The summed E-state index contributed by atoms with van der Waals surface area (Å²) in [6.45, 7) is 0.611. The highest BCUT2D eigenvalue weighted by atomic mass is 79.9. The number of fused-ring (bicyclic) bond motifs is 1. The van der Waals surface area contributed by atoms with E-state index in [0.29, 0.717) is 6.54 Å². The number of carbonyl (C=O) groups is 1. The van der Waals surface area contributed by atoms with Crippen LogP contribution in [0.5, 0.6) is 0 Å². The third-order valence-electron chi connectivity index (χ3n) is 4.47. The number of aromatic nitrogens is 1. The van der Waals surface area contributed by atoms with Crippen molar-refractivity contribution >= 4 is 38.5 Å². The average molecular weight is 421 g/mol. The number of hydrogen-bond donors (Lipinski definition) is 2. The first kappa shape index (κ1) is 17.4. The number of anilines is 1. The Morgan fingerprint density at radius 1 is 1.00 bits per heavy atom. The van der Waals surface area contributed by atoms with E-state index in [1.165, 1.54) is 5.39 Å². The summed E-state index contributed by atoms with van der Waals surface area (Å²) in [4.78, 5) is 11.1. The number of nitrogens with one attached hydrogen (secondary N) is 1. The number of hydrogen-bond acceptors (Lipinski definition) is 2. The molecule has 0 aliphatic rings. The summed E-state index contributed by atoms with van der Waals surface area (Å²) in [5, 5.41) is 13.6. The zero-order chi connectivity index (χ0) is 18.8. The van der Waals surface area contributed by atoms with Crippen LogP contribution in [0.1, 0.15) is 15.9 Å². The summed E-state index contributed by atoms with van der Waals surface area (Å²) < 4.78 is 3.24. The number of nitrogens with zero attached hydrogens (tertiary/aromatic N) is 1. The maximum absolute atomic E-state index is 11.1. The van der Waals surface area contributed by atoms with Gasteiger partial charge in [0.1, 0.15) is 0 Å². The molecule has 0 atom stereocenters. The van der Waals surface area contributed by atoms with Gasteiger partial charge in [0.05, 0.1) is 11.1 Å². The molecule has 0 spiro atoms. The maximum atomic E-state index is 11.1. The Bertz CT molecular complexity index is 1130. The van der Waals surface area contributed by atoms with E-state index in [9.17, 15) is 4.79 Å². The Hall–Kier alpha value is -3.05. The van der Waals surface area contributed by atoms with Crippen molar-refractivity contribution in [2.75, 3.05) is 5.32 Å². The fourth-order valence-corrected chi connectivity index (χ4v) is 3.63. The second kappa shape index (κ2) is 7.29. The fourth-order valence-electron chi connectivity index (χ4n) is 3.14. The van der Waals surface area contributed by atoms with E-state index < -0.39 is 5.97 Å². The third-order valence-corrected chi connectivity index (χ3v) is 5.17. The molecule has 0 amide bonds. The first-order chi connectivity index (χ1) is 13.1. The molecule has 0 unspecified atom stereocenters. The molecule has 0 aliphatic heterocycles. The van der Waals surface area contributed by atoms with Crippen LogP contribution in [0, 0.1) is 0 Å². The normalized spacial score (nSPS) is 10.9. The smallest absolute Gasteiger partial charge is 0.335 e. The van der Waals surface area contributed by atoms with Gasteiger partial charge in [0.2, 0.25) is 0 Å². The molecule has 4 aromatic rings. The minimum absolute atomic E-state index is 0.276. The number of carboxylic acids is 1. The Balaban J connectivity index is 1.58. The molecule has 5 heteroatoms. The molecule has 134 valence electrons. The van der Waals surface area contributed by atoms with Gasteiger partial charge < -0.3 is 15.0 Å². The molecule has 0 aliphatic carbocycles. The first-order valence-corrected chi connectivity index (χ1v) is 9.33. The van der Waals surface area contributed by atoms with Crippen LogP contribution in [0.15, 0.2) is 83.5 Å². The molecule has 4 rings (SSSR count). The van der Waals surface area contributed by atoms with E-state index in [1.54, 1.807) is 18.2 Å². The van der Waals surface area contributed by atoms with Crippen LogP contribution in [-0.4, -0.2) is 15.6 Å². The molecule has 3 aromatic carbocycles. The van der Waals surface area contributed by atoms with Gasteiger partial charge in [0.15, 0.2) is 0 Å². The van der Waals surface area contributed by atoms with Crippen LogP contribution >= 0.6 is 15.9 Å². The SMILES string of the molecule is O=C(O)c1cccc(NCc2cccc(-n3ccc4c(Br)cccc43)c2)c1. The van der Waals surface area contributed by atoms with Gasteiger partial charge in [-0.1, -0.05) is 40.2 Å². The van der Waals surface area contributed by atoms with E-state index in [4.69, 9.17) is 5.11 Å². The molecular weight excluding hydrogens is 404 g/mol. The maximum Gasteiger partial charge on any atom is 0.335 e. The molecular formula is C22H17BrN2O2. The zero-order valence-corrected chi connectivity index (χ0v) is 16.0. The topological polar surface area (TPSA) is 54.3 Å². The molecule has 0 radical (unpaired) electrons. The monoisotopic (exact) mass is 420 g/mol. The summed E-state index contributed by atoms with van der Waals surface area (Å²) >= 11 is 3.60. The van der Waals surface area contributed by atoms with Gasteiger partial charge in [0.25, 0.3) is 0 Å². The molecule has 2 N–H and O–H groups in total. The van der Waals surface area contributed by atoms with Gasteiger partial charge in [-0.15, -0.1) is 0 Å². The van der Waals surface area contributed by atoms with Crippen molar-refractivity contribution in [2.24, 2.45) is 0 Å². The van der Waals surface area contributed by atoms with Crippen LogP contribution in [0.25, 0.3) is 16.6 Å². The highest BCUT2D eigenvalue weighted by Crippen LogP contribution is 2.27. The fraction of sp³-hybridized carbons (Fsp3) is 0.0455. The molecule has 1 heterocycles. The van der Waals surface area contributed by atoms with Crippen molar-refractivity contribution in [1.82, 2.24) is 4.57 Å². The van der Waals surface area contributed by atoms with Crippen molar-refractivity contribution in [3.8, 4) is 5.69 Å². The second-order valence-electron chi connectivity index (χ2n) is 6.27. The number of halogens is 1. The van der Waals surface area contributed by atoms with Gasteiger partial charge in [0, 0.05) is 34.0 Å². The van der Waals surface area contributed by atoms with Crippen LogP contribution in [0.2, 0.25) is 0 Å². The molecule has 27 heavy (non-hydrogen) atoms. The minimum Gasteiger partial charge on any atom is -0.478 e. The lowest BCUT2D eigenvalue weighted by molar-refractivity contribution is 0.0697. The molecule has 4 nitrogen and oxygen atoms in total. The van der Waals surface area contributed by atoms with E-state index in [1.807, 2.05) is 24.3 Å². The Morgan fingerprint density at radius 2 is 1.81 bits per heavy atom. The van der Waals surface area contributed by atoms with E-state index in [-0.39, 0.29) is 5.56 Å². The van der Waals surface area contributed by atoms with Crippen molar-refractivity contribution in [2.45, 2.75) is 6.54 Å². The first-order valence-electron chi connectivity index (χ1n) is 8.54. The summed E-state index contributed by atoms with van der Waals surface area (Å²) in [6, 6.07) is 23.4. The van der Waals surface area contributed by atoms with E-state index in [2.05, 4.69) is 62.3 Å². The van der Waals surface area contributed by atoms with E-state index >= 15 is 0 Å². The number of aromatic carboxylic acids is 1. The van der Waals surface area contributed by atoms with Crippen molar-refractivity contribution in [3.05, 3.63) is 94.6 Å². The highest BCUT2D eigenvalue weighted by molar-refractivity contribution is 9.10. The summed E-state index contributed by atoms with van der Waals surface area (Å²) in [5.74, 6) is -0.925. The lowest BCUT2D eigenvalue weighted by Gasteiger charge is -2.10. The predicted octanol–water partition coefficient (Wildman–Crippen LogP) is 5.70. The summed E-state index contributed by atoms with van der Waals surface area (Å²) in [6.07, 6.45) is 2.07. The van der Waals surface area contributed by atoms with Gasteiger partial charge in [-0.05, 0) is 54.1 Å². The Kier molecular flexibility index (Phi) is 4.69. The van der Waals surface area contributed by atoms with Crippen molar-refractivity contribution < 1.29 is 9.90 Å². The van der Waals surface area contributed by atoms with E-state index in [0.717, 1.165) is 26.9 Å². The van der Waals surface area contributed by atoms with Crippen molar-refractivity contribution in [3.63, 3.8) is 0 Å². The second-order valence-corrected chi connectivity index (χ2v) is 7.12. The minimum atomic E-state index is -0.925. The number of carboxylic acid groups (broad SMARTS) is 1. The average Bonchev–Trinajstić information content (AvgIpc) is 3.12. The Labute approximate surface area is 165 Å². The summed E-state index contributed by atoms with van der Waals surface area (Å²) in [5.41, 5.74) is 4.41. The van der Waals surface area contributed by atoms with Gasteiger partial charge in [-0.3, -0.25) is 0 Å². The predicted molar refractivity (Wildman–Crippen MR) is 112 cm³/mol. The quantitative estimate of drug-likeness (QED) is 0.435. The third kappa shape index (κ3) is 3.59. The summed E-state index contributed by atoms with van der Waals surface area (Å²) in [7, 11) is 0. The van der Waals surface area contributed by atoms with Gasteiger partial charge >= 0.3 is 5.97 Å². The molecule has 1 aromatic heterocycles. The van der Waals surface area contributed by atoms with Crippen molar-refractivity contribution in [1.29, 1.82) is 0 Å². The molecule has 0 bridgehead atoms. The molecule has 0 fully saturated rings. The molecule has 0 saturated heterocycles. The largest absolute Gasteiger partial charge is 0.478 e. The number of rotatable bonds is 5. The van der Waals surface area contributed by atoms with Crippen LogP contribution < -0.4 is 5.32 Å². The van der Waals surface area contributed by atoms with Gasteiger partial charge in [-0.25, -0.2) is 4.79 Å². The lowest BCUT2D eigenvalue weighted by atomic mass is 10.1.